The van der Waals surface area contributed by atoms with Crippen molar-refractivity contribution < 1.29 is 28.3 Å². The number of hydrogen-bond acceptors (Lipinski definition) is 2. The van der Waals surface area contributed by atoms with E-state index < -0.39 is 0 Å². The van der Waals surface area contributed by atoms with Crippen LogP contribution in [0.5, 0.6) is 0 Å². The first kappa shape index (κ1) is 30.4. The fraction of sp³-hybridized carbons (Fsp3) is 0.250. The molecule has 0 heterocycles. The van der Waals surface area contributed by atoms with Crippen LogP contribution in [0.15, 0.2) is 103 Å². The van der Waals surface area contributed by atoms with E-state index in [1.54, 1.807) is 0 Å². The third-order valence-electron chi connectivity index (χ3n) is 4.96. The molecular formula is C32H37LiO2. The van der Waals surface area contributed by atoms with Crippen molar-refractivity contribution in [3.05, 3.63) is 109 Å². The van der Waals surface area contributed by atoms with Crippen LogP contribution in [0.25, 0.3) is 33.4 Å². The second kappa shape index (κ2) is 18.7. The zero-order chi connectivity index (χ0) is 24.4. The summed E-state index contributed by atoms with van der Waals surface area (Å²) in [5, 5.41) is 0. The smallest absolute Gasteiger partial charge is 0.382 e. The average molecular weight is 461 g/mol. The van der Waals surface area contributed by atoms with E-state index in [1.807, 2.05) is 39.8 Å². The quantitative estimate of drug-likeness (QED) is 0.265. The number of benzene rings is 4. The van der Waals surface area contributed by atoms with Crippen molar-refractivity contribution in [3.8, 4) is 33.4 Å². The van der Waals surface area contributed by atoms with Crippen molar-refractivity contribution in [3.63, 3.8) is 0 Å². The molecule has 178 valence electrons. The Hall–Kier alpha value is -2.60. The Kier molecular flexibility index (Phi) is 16.2. The van der Waals surface area contributed by atoms with Crippen LogP contribution in [0.3, 0.4) is 0 Å². The zero-order valence-corrected chi connectivity index (χ0v) is 22.0. The van der Waals surface area contributed by atoms with E-state index in [1.165, 1.54) is 22.3 Å². The normalized spacial score (nSPS) is 9.60. The van der Waals surface area contributed by atoms with Gasteiger partial charge < -0.3 is 9.47 Å². The monoisotopic (exact) mass is 460 g/mol. The Morgan fingerprint density at radius 3 is 1.06 bits per heavy atom. The Balaban J connectivity index is 0.000000476. The Bertz CT molecular complexity index is 885. The predicted octanol–water partition coefficient (Wildman–Crippen LogP) is 5.58. The summed E-state index contributed by atoms with van der Waals surface area (Å²) >= 11 is 0. The fourth-order valence-corrected chi connectivity index (χ4v) is 3.32. The van der Waals surface area contributed by atoms with Crippen LogP contribution in [-0.4, -0.2) is 26.4 Å². The third kappa shape index (κ3) is 11.1. The zero-order valence-electron chi connectivity index (χ0n) is 22.0. The molecule has 0 unspecified atom stereocenters. The maximum Gasteiger partial charge on any atom is 1.00 e. The molecule has 0 aromatic heterocycles. The van der Waals surface area contributed by atoms with Gasteiger partial charge in [-0.15, -0.1) is 29.3 Å². The van der Waals surface area contributed by atoms with Gasteiger partial charge in [0.15, 0.2) is 0 Å². The Labute approximate surface area is 224 Å². The maximum atomic E-state index is 4.83. The van der Waals surface area contributed by atoms with Crippen molar-refractivity contribution in [2.24, 2.45) is 0 Å². The van der Waals surface area contributed by atoms with Crippen LogP contribution in [0.2, 0.25) is 0 Å². The van der Waals surface area contributed by atoms with Crippen molar-refractivity contribution in [1.82, 2.24) is 0 Å². The van der Waals surface area contributed by atoms with Gasteiger partial charge in [0.25, 0.3) is 0 Å². The Morgan fingerprint density at radius 1 is 0.457 bits per heavy atom. The molecule has 0 amide bonds. The summed E-state index contributed by atoms with van der Waals surface area (Å²) in [6.07, 6.45) is 0. The van der Waals surface area contributed by atoms with Gasteiger partial charge in [0.1, 0.15) is 0 Å². The molecule has 0 radical (unpaired) electrons. The topological polar surface area (TPSA) is 18.5 Å². The van der Waals surface area contributed by atoms with Crippen molar-refractivity contribution in [2.45, 2.75) is 27.7 Å². The number of ether oxygens (including phenoxy) is 2. The number of rotatable bonds is 7. The van der Waals surface area contributed by atoms with Gasteiger partial charge in [-0.05, 0) is 33.3 Å². The molecular weight excluding hydrogens is 423 g/mol. The van der Waals surface area contributed by atoms with E-state index in [4.69, 9.17) is 9.47 Å². The van der Waals surface area contributed by atoms with Crippen LogP contribution in [0.4, 0.5) is 0 Å². The molecule has 2 nitrogen and oxygen atoms in total. The minimum absolute atomic E-state index is 0. The van der Waals surface area contributed by atoms with Gasteiger partial charge in [-0.25, -0.2) is 0 Å². The molecule has 0 saturated heterocycles. The Morgan fingerprint density at radius 2 is 0.771 bits per heavy atom. The van der Waals surface area contributed by atoms with Gasteiger partial charge >= 0.3 is 18.9 Å². The van der Waals surface area contributed by atoms with Crippen LogP contribution in [0, 0.1) is 6.07 Å². The summed E-state index contributed by atoms with van der Waals surface area (Å²) in [6, 6.07) is 39.4. The van der Waals surface area contributed by atoms with E-state index in [-0.39, 0.29) is 18.9 Å². The second-order valence-electron chi connectivity index (χ2n) is 7.36. The van der Waals surface area contributed by atoms with Crippen LogP contribution in [0.1, 0.15) is 27.7 Å². The van der Waals surface area contributed by atoms with Gasteiger partial charge in [0, 0.05) is 26.4 Å². The summed E-state index contributed by atoms with van der Waals surface area (Å²) in [6.45, 7) is 11.3. The summed E-state index contributed by atoms with van der Waals surface area (Å²) in [5.74, 6) is 0. The van der Waals surface area contributed by atoms with E-state index in [2.05, 4.69) is 97.1 Å². The van der Waals surface area contributed by atoms with Crippen molar-refractivity contribution in [1.29, 1.82) is 0 Å². The van der Waals surface area contributed by atoms with Crippen molar-refractivity contribution in [2.75, 3.05) is 26.4 Å². The van der Waals surface area contributed by atoms with E-state index in [0.29, 0.717) is 0 Å². The van der Waals surface area contributed by atoms with E-state index in [0.717, 1.165) is 37.6 Å². The predicted molar refractivity (Wildman–Crippen MR) is 146 cm³/mol. The van der Waals surface area contributed by atoms with Crippen LogP contribution < -0.4 is 18.9 Å². The molecule has 4 aromatic carbocycles. The number of hydrogen-bond donors (Lipinski definition) is 0. The molecule has 4 aromatic rings. The second-order valence-corrected chi connectivity index (χ2v) is 7.36. The van der Waals surface area contributed by atoms with Gasteiger partial charge in [-0.1, -0.05) is 108 Å². The fourth-order valence-electron chi connectivity index (χ4n) is 3.32. The molecule has 0 spiro atoms. The summed E-state index contributed by atoms with van der Waals surface area (Å²) < 4.78 is 9.67. The first-order chi connectivity index (χ1) is 16.7. The first-order valence-electron chi connectivity index (χ1n) is 12.1. The molecule has 3 heteroatoms. The molecule has 4 rings (SSSR count). The first-order valence-corrected chi connectivity index (χ1v) is 12.1. The summed E-state index contributed by atoms with van der Waals surface area (Å²) in [5.41, 5.74) is 7.06. The van der Waals surface area contributed by atoms with Gasteiger partial charge in [-0.3, -0.25) is 0 Å². The summed E-state index contributed by atoms with van der Waals surface area (Å²) in [7, 11) is 0. The van der Waals surface area contributed by atoms with Gasteiger partial charge in [0.05, 0.1) is 0 Å². The molecule has 0 bridgehead atoms. The average Bonchev–Trinajstić information content (AvgIpc) is 2.92. The minimum atomic E-state index is 0. The molecule has 0 atom stereocenters. The third-order valence-corrected chi connectivity index (χ3v) is 4.96. The van der Waals surface area contributed by atoms with Crippen LogP contribution in [-0.2, 0) is 9.47 Å². The SMILES string of the molecule is CCOCC.CCOCC.[Li+].[c-]1c(-c2ccccc2)cc(-c2ccccc2)cc1-c1ccccc1. The molecule has 0 saturated carbocycles. The van der Waals surface area contributed by atoms with Crippen molar-refractivity contribution >= 4 is 0 Å². The molecule has 0 aliphatic heterocycles. The molecule has 0 N–H and O–H groups in total. The standard InChI is InChI=1S/C24H17.2C4H10O.Li/c1-4-10-19(11-5-1)22-16-23(20-12-6-2-7-13-20)18-24(17-22)21-14-8-3-9-15-21;2*1-3-5-4-2;/h1-17H;2*3-4H2,1-2H3;/q-1;;;+1. The maximum absolute atomic E-state index is 4.83. The minimum Gasteiger partial charge on any atom is -0.382 e. The summed E-state index contributed by atoms with van der Waals surface area (Å²) in [4.78, 5) is 0. The molecule has 0 fully saturated rings. The van der Waals surface area contributed by atoms with E-state index in [9.17, 15) is 0 Å². The molecule has 35 heavy (non-hydrogen) atoms. The van der Waals surface area contributed by atoms with Gasteiger partial charge in [0.2, 0.25) is 0 Å². The molecule has 0 aliphatic carbocycles. The van der Waals surface area contributed by atoms with Crippen LogP contribution >= 0.6 is 0 Å². The molecule has 0 aliphatic rings. The largest absolute Gasteiger partial charge is 1.00 e. The van der Waals surface area contributed by atoms with E-state index >= 15 is 0 Å². The van der Waals surface area contributed by atoms with Gasteiger partial charge in [-0.2, -0.15) is 0 Å².